The first-order chi connectivity index (χ1) is 13.9. The Labute approximate surface area is 171 Å². The molecule has 0 fully saturated rings. The molecule has 0 saturated carbocycles. The quantitative estimate of drug-likeness (QED) is 0.534. The first-order valence-corrected chi connectivity index (χ1v) is 9.93. The largest absolute Gasteiger partial charge is 0.496 e. The molecule has 0 unspecified atom stereocenters. The summed E-state index contributed by atoms with van der Waals surface area (Å²) in [7, 11) is 1.67. The summed E-state index contributed by atoms with van der Waals surface area (Å²) in [6.45, 7) is 8.88. The molecule has 0 atom stereocenters. The molecule has 4 rings (SSSR count). The number of esters is 1. The van der Waals surface area contributed by atoms with Crippen LogP contribution in [0.15, 0.2) is 36.4 Å². The number of fused-ring (bicyclic) bond motifs is 2. The van der Waals surface area contributed by atoms with Crippen molar-refractivity contribution in [2.24, 2.45) is 0 Å². The Morgan fingerprint density at radius 1 is 0.966 bits per heavy atom. The van der Waals surface area contributed by atoms with Gasteiger partial charge in [0, 0.05) is 11.1 Å². The minimum atomic E-state index is -0.305. The van der Waals surface area contributed by atoms with Crippen molar-refractivity contribution in [2.75, 3.05) is 7.11 Å². The molecule has 0 radical (unpaired) electrons. The normalized spacial score (nSPS) is 13.0. The van der Waals surface area contributed by atoms with E-state index in [1.54, 1.807) is 7.11 Å². The van der Waals surface area contributed by atoms with Crippen LogP contribution in [-0.4, -0.2) is 19.2 Å². The minimum Gasteiger partial charge on any atom is -0.496 e. The van der Waals surface area contributed by atoms with E-state index in [2.05, 4.69) is 19.1 Å². The minimum absolute atomic E-state index is 0.200. The average Bonchev–Trinajstić information content (AvgIpc) is 3.20. The maximum atomic E-state index is 13.3. The Morgan fingerprint density at radius 2 is 1.66 bits per heavy atom. The molecule has 0 bridgehead atoms. The Hall–Kier alpha value is -2.85. The second-order valence-electron chi connectivity index (χ2n) is 7.77. The summed E-state index contributed by atoms with van der Waals surface area (Å²) in [5.41, 5.74) is 6.65. The maximum Gasteiger partial charge on any atom is 0.339 e. The molecule has 0 N–H and O–H groups in total. The molecule has 0 spiro atoms. The maximum absolute atomic E-state index is 13.3. The van der Waals surface area contributed by atoms with Crippen LogP contribution in [0.3, 0.4) is 0 Å². The number of carbonyl (C=O) groups excluding carboxylic acids is 1. The van der Waals surface area contributed by atoms with E-state index in [0.29, 0.717) is 18.8 Å². The lowest BCUT2D eigenvalue weighted by Crippen LogP contribution is -2.16. The van der Waals surface area contributed by atoms with Crippen molar-refractivity contribution >= 4 is 16.7 Å². The summed E-state index contributed by atoms with van der Waals surface area (Å²) in [6, 6.07) is 12.2. The fourth-order valence-corrected chi connectivity index (χ4v) is 4.30. The van der Waals surface area contributed by atoms with Gasteiger partial charge in [-0.15, -0.1) is 0 Å². The second-order valence-corrected chi connectivity index (χ2v) is 7.77. The molecule has 4 nitrogen and oxygen atoms in total. The Bertz CT molecular complexity index is 1110. The van der Waals surface area contributed by atoms with Gasteiger partial charge in [0.2, 0.25) is 0 Å². The standard InChI is InChI=1S/C25H26O4/c1-14(2)29-25(26)23-16(4)20-13-28-12-19(20)15(3)22(23)24-18-9-7-6-8-17(18)10-11-21(24)27-5/h6-11,14H,12-13H2,1-5H3. The number of rotatable bonds is 4. The molecule has 4 heteroatoms. The highest BCUT2D eigenvalue weighted by atomic mass is 16.5. The molecular formula is C25H26O4. The van der Waals surface area contributed by atoms with Gasteiger partial charge in [-0.3, -0.25) is 0 Å². The fraction of sp³-hybridized carbons (Fsp3) is 0.320. The lowest BCUT2D eigenvalue weighted by molar-refractivity contribution is 0.0377. The number of hydrogen-bond donors (Lipinski definition) is 0. The number of ether oxygens (including phenoxy) is 3. The number of benzene rings is 3. The SMILES string of the molecule is COc1ccc2ccccc2c1-c1c(C)c2c(c(C)c1C(=O)OC(C)C)COC2. The van der Waals surface area contributed by atoms with Crippen molar-refractivity contribution in [1.29, 1.82) is 0 Å². The van der Waals surface area contributed by atoms with Crippen LogP contribution in [0.25, 0.3) is 21.9 Å². The van der Waals surface area contributed by atoms with E-state index in [1.807, 2.05) is 45.0 Å². The third-order valence-electron chi connectivity index (χ3n) is 5.67. The van der Waals surface area contributed by atoms with Crippen LogP contribution in [0.2, 0.25) is 0 Å². The summed E-state index contributed by atoms with van der Waals surface area (Å²) in [4.78, 5) is 13.3. The molecular weight excluding hydrogens is 364 g/mol. The van der Waals surface area contributed by atoms with Gasteiger partial charge in [0.05, 0.1) is 32.0 Å². The molecule has 29 heavy (non-hydrogen) atoms. The lowest BCUT2D eigenvalue weighted by Gasteiger charge is -2.22. The molecule has 150 valence electrons. The van der Waals surface area contributed by atoms with Gasteiger partial charge < -0.3 is 14.2 Å². The van der Waals surface area contributed by atoms with Gasteiger partial charge in [0.15, 0.2) is 0 Å². The highest BCUT2D eigenvalue weighted by Crippen LogP contribution is 2.45. The Kier molecular flexibility index (Phi) is 5.05. The fourth-order valence-electron chi connectivity index (χ4n) is 4.30. The van der Waals surface area contributed by atoms with Crippen molar-refractivity contribution in [3.63, 3.8) is 0 Å². The molecule has 0 aliphatic carbocycles. The zero-order valence-electron chi connectivity index (χ0n) is 17.6. The molecule has 0 amide bonds. The molecule has 0 saturated heterocycles. The van der Waals surface area contributed by atoms with E-state index in [1.165, 1.54) is 0 Å². The highest BCUT2D eigenvalue weighted by Gasteiger charge is 2.30. The topological polar surface area (TPSA) is 44.8 Å². The summed E-state index contributed by atoms with van der Waals surface area (Å²) < 4.78 is 17.2. The summed E-state index contributed by atoms with van der Waals surface area (Å²) in [5, 5.41) is 2.15. The zero-order chi connectivity index (χ0) is 20.7. The van der Waals surface area contributed by atoms with Crippen LogP contribution in [0.1, 0.15) is 46.5 Å². The van der Waals surface area contributed by atoms with Crippen LogP contribution in [0, 0.1) is 13.8 Å². The van der Waals surface area contributed by atoms with Gasteiger partial charge in [-0.25, -0.2) is 4.79 Å². The van der Waals surface area contributed by atoms with Crippen molar-refractivity contribution in [3.8, 4) is 16.9 Å². The molecule has 3 aromatic carbocycles. The molecule has 1 heterocycles. The Morgan fingerprint density at radius 3 is 2.34 bits per heavy atom. The monoisotopic (exact) mass is 390 g/mol. The van der Waals surface area contributed by atoms with E-state index in [-0.39, 0.29) is 12.1 Å². The number of carbonyl (C=O) groups is 1. The Balaban J connectivity index is 2.13. The highest BCUT2D eigenvalue weighted by molar-refractivity contribution is 6.08. The van der Waals surface area contributed by atoms with Gasteiger partial charge in [-0.1, -0.05) is 30.3 Å². The predicted molar refractivity (Wildman–Crippen MR) is 114 cm³/mol. The average molecular weight is 390 g/mol. The van der Waals surface area contributed by atoms with Crippen LogP contribution in [0.4, 0.5) is 0 Å². The first-order valence-electron chi connectivity index (χ1n) is 9.93. The van der Waals surface area contributed by atoms with Crippen molar-refractivity contribution in [2.45, 2.75) is 47.0 Å². The molecule has 1 aliphatic rings. The second kappa shape index (κ2) is 7.53. The van der Waals surface area contributed by atoms with Crippen molar-refractivity contribution in [3.05, 3.63) is 64.2 Å². The van der Waals surface area contributed by atoms with E-state index < -0.39 is 0 Å². The third-order valence-corrected chi connectivity index (χ3v) is 5.67. The van der Waals surface area contributed by atoms with Crippen LogP contribution < -0.4 is 4.74 Å². The van der Waals surface area contributed by atoms with Crippen molar-refractivity contribution in [1.82, 2.24) is 0 Å². The summed E-state index contributed by atoms with van der Waals surface area (Å²) in [5.74, 6) is 0.434. The van der Waals surface area contributed by atoms with Gasteiger partial charge in [-0.2, -0.15) is 0 Å². The van der Waals surface area contributed by atoms with E-state index in [0.717, 1.165) is 49.9 Å². The number of methoxy groups -OCH3 is 1. The smallest absolute Gasteiger partial charge is 0.339 e. The van der Waals surface area contributed by atoms with Crippen LogP contribution in [-0.2, 0) is 22.7 Å². The molecule has 0 aromatic heterocycles. The van der Waals surface area contributed by atoms with Crippen LogP contribution >= 0.6 is 0 Å². The van der Waals surface area contributed by atoms with Gasteiger partial charge in [0.25, 0.3) is 0 Å². The van der Waals surface area contributed by atoms with E-state index in [9.17, 15) is 4.79 Å². The van der Waals surface area contributed by atoms with Crippen molar-refractivity contribution < 1.29 is 19.0 Å². The lowest BCUT2D eigenvalue weighted by atomic mass is 9.83. The third kappa shape index (κ3) is 3.18. The van der Waals surface area contributed by atoms with E-state index in [4.69, 9.17) is 14.2 Å². The zero-order valence-corrected chi connectivity index (χ0v) is 17.6. The first kappa shape index (κ1) is 19.5. The number of hydrogen-bond acceptors (Lipinski definition) is 4. The van der Waals surface area contributed by atoms with Gasteiger partial charge in [0.1, 0.15) is 5.75 Å². The molecule has 1 aliphatic heterocycles. The summed E-state index contributed by atoms with van der Waals surface area (Å²) in [6.07, 6.45) is -0.200. The van der Waals surface area contributed by atoms with Crippen LogP contribution in [0.5, 0.6) is 5.75 Å². The van der Waals surface area contributed by atoms with Gasteiger partial charge in [-0.05, 0) is 66.8 Å². The summed E-state index contributed by atoms with van der Waals surface area (Å²) >= 11 is 0. The van der Waals surface area contributed by atoms with Gasteiger partial charge >= 0.3 is 5.97 Å². The predicted octanol–water partition coefficient (Wildman–Crippen LogP) is 5.73. The van der Waals surface area contributed by atoms with E-state index >= 15 is 0 Å². The molecule has 3 aromatic rings.